The van der Waals surface area contributed by atoms with Crippen molar-refractivity contribution in [3.05, 3.63) is 58.3 Å². The number of nitrogen functional groups attached to an aromatic ring is 1. The van der Waals surface area contributed by atoms with Crippen LogP contribution in [-0.2, 0) is 16.0 Å². The number of aromatic nitrogens is 1. The molecule has 0 bridgehead atoms. The van der Waals surface area contributed by atoms with E-state index in [0.717, 1.165) is 77.3 Å². The third-order valence-electron chi connectivity index (χ3n) is 6.75. The Morgan fingerprint density at radius 2 is 2.21 bits per heavy atom. The topological polar surface area (TPSA) is 132 Å². The molecule has 9 nitrogen and oxygen atoms in total. The van der Waals surface area contributed by atoms with E-state index >= 15 is 0 Å². The molecule has 1 saturated carbocycles. The molecule has 4 heterocycles. The predicted molar refractivity (Wildman–Crippen MR) is 124 cm³/mol. The lowest BCUT2D eigenvalue weighted by Crippen LogP contribution is -2.43. The van der Waals surface area contributed by atoms with Crippen LogP contribution in [-0.4, -0.2) is 40.8 Å². The minimum atomic E-state index is -0.407. The Morgan fingerprint density at radius 1 is 1.36 bits per heavy atom. The monoisotopic (exact) mass is 446 g/mol. The molecule has 3 aliphatic heterocycles. The zero-order valence-corrected chi connectivity index (χ0v) is 18.4. The average molecular weight is 447 g/mol. The summed E-state index contributed by atoms with van der Waals surface area (Å²) < 4.78 is 11.5. The minimum absolute atomic E-state index is 0.164. The maximum absolute atomic E-state index is 12.0. The second-order valence-electron chi connectivity index (χ2n) is 8.94. The molecule has 1 fully saturated rings. The Labute approximate surface area is 190 Å². The number of nitrogens with one attached hydrogen (secondary N) is 1. The van der Waals surface area contributed by atoms with Gasteiger partial charge < -0.3 is 30.8 Å². The van der Waals surface area contributed by atoms with Crippen molar-refractivity contribution in [2.24, 2.45) is 16.6 Å². The van der Waals surface area contributed by atoms with Crippen molar-refractivity contribution in [1.82, 2.24) is 15.2 Å². The van der Waals surface area contributed by atoms with E-state index in [9.17, 15) is 4.79 Å². The molecule has 1 aliphatic carbocycles. The summed E-state index contributed by atoms with van der Waals surface area (Å²) in [5.41, 5.74) is 18.9. The first-order chi connectivity index (χ1) is 16.0. The molecule has 1 amide bonds. The van der Waals surface area contributed by atoms with Gasteiger partial charge in [0.15, 0.2) is 5.58 Å². The summed E-state index contributed by atoms with van der Waals surface area (Å²) >= 11 is 0. The second kappa shape index (κ2) is 7.40. The molecule has 33 heavy (non-hydrogen) atoms. The highest BCUT2D eigenvalue weighted by molar-refractivity contribution is 6.04. The standard InChI is InChI=1S/C24H26N6O3/c1-2-12-7-15(8-17-21(12)33-24(26)29-17)23-27-9-16-18(28-19(22(25)31)13-3-4-13)11-32-10-14-5-6-30(23)20(14)16/h7-9,11,13,19,28H,2-6,10H2,1H3,(H2,25,31)(H2,26,29). The molecule has 0 spiro atoms. The number of aliphatic imine (C=N–C) groups is 1. The Morgan fingerprint density at radius 3 is 2.97 bits per heavy atom. The summed E-state index contributed by atoms with van der Waals surface area (Å²) in [7, 11) is 0. The van der Waals surface area contributed by atoms with E-state index < -0.39 is 6.04 Å². The second-order valence-corrected chi connectivity index (χ2v) is 8.94. The number of ether oxygens (including phenoxy) is 1. The first-order valence-corrected chi connectivity index (χ1v) is 11.4. The molecule has 1 atom stereocenters. The van der Waals surface area contributed by atoms with Crippen molar-refractivity contribution in [3.63, 3.8) is 0 Å². The maximum atomic E-state index is 12.0. The van der Waals surface area contributed by atoms with E-state index in [4.69, 9.17) is 25.6 Å². The highest BCUT2D eigenvalue weighted by Crippen LogP contribution is 2.40. The van der Waals surface area contributed by atoms with E-state index in [2.05, 4.69) is 28.2 Å². The molecule has 1 aromatic carbocycles. The van der Waals surface area contributed by atoms with Gasteiger partial charge >= 0.3 is 0 Å². The van der Waals surface area contributed by atoms with Crippen molar-refractivity contribution in [3.8, 4) is 0 Å². The first-order valence-electron chi connectivity index (χ1n) is 11.4. The Kier molecular flexibility index (Phi) is 4.46. The number of benzene rings is 1. The van der Waals surface area contributed by atoms with Gasteiger partial charge in [0.05, 0.1) is 11.4 Å². The van der Waals surface area contributed by atoms with E-state index in [1.165, 1.54) is 5.57 Å². The van der Waals surface area contributed by atoms with E-state index in [1.54, 1.807) is 6.26 Å². The number of aryl methyl sites for hydroxylation is 1. The van der Waals surface area contributed by atoms with Gasteiger partial charge in [0.2, 0.25) is 5.91 Å². The third kappa shape index (κ3) is 3.26. The summed E-state index contributed by atoms with van der Waals surface area (Å²) in [5.74, 6) is 0.793. The Bertz CT molecular complexity index is 1300. The van der Waals surface area contributed by atoms with Crippen LogP contribution in [0.1, 0.15) is 37.3 Å². The SMILES string of the molecule is CCc1cc(C2=NC=C3C(NC(C(N)=O)C4CC4)=COCC4=C3N2CC4)cc2nc(N)oc12. The van der Waals surface area contributed by atoms with Gasteiger partial charge in [0.25, 0.3) is 6.01 Å². The number of primary amides is 1. The number of anilines is 1. The number of hydrogen-bond acceptors (Lipinski definition) is 8. The van der Waals surface area contributed by atoms with Gasteiger partial charge in [-0.3, -0.25) is 4.79 Å². The van der Waals surface area contributed by atoms with Crippen LogP contribution >= 0.6 is 0 Å². The number of carbonyl (C=O) groups excluding carboxylic acids is 1. The summed E-state index contributed by atoms with van der Waals surface area (Å²) in [5, 5.41) is 3.35. The smallest absolute Gasteiger partial charge is 0.292 e. The number of nitrogens with two attached hydrogens (primary N) is 2. The van der Waals surface area contributed by atoms with Crippen molar-refractivity contribution in [2.45, 2.75) is 38.6 Å². The van der Waals surface area contributed by atoms with Crippen molar-refractivity contribution >= 4 is 28.9 Å². The van der Waals surface area contributed by atoms with Crippen molar-refractivity contribution < 1.29 is 13.9 Å². The number of nitrogens with zero attached hydrogens (tertiary/aromatic N) is 3. The van der Waals surface area contributed by atoms with Gasteiger partial charge in [-0.2, -0.15) is 4.98 Å². The molecule has 5 N–H and O–H groups in total. The van der Waals surface area contributed by atoms with Crippen LogP contribution < -0.4 is 16.8 Å². The van der Waals surface area contributed by atoms with Crippen LogP contribution in [0.25, 0.3) is 11.1 Å². The van der Waals surface area contributed by atoms with Crippen molar-refractivity contribution in [2.75, 3.05) is 18.9 Å². The Hall–Kier alpha value is -3.75. The number of carbonyl (C=O) groups is 1. The molecule has 1 unspecified atom stereocenters. The van der Waals surface area contributed by atoms with Gasteiger partial charge in [-0.25, -0.2) is 4.99 Å². The summed E-state index contributed by atoms with van der Waals surface area (Å²) in [4.78, 5) is 23.5. The summed E-state index contributed by atoms with van der Waals surface area (Å²) in [6, 6.07) is 3.83. The van der Waals surface area contributed by atoms with E-state index in [1.807, 2.05) is 12.3 Å². The number of hydrogen-bond donors (Lipinski definition) is 3. The first kappa shape index (κ1) is 19.9. The predicted octanol–water partition coefficient (Wildman–Crippen LogP) is 2.30. The highest BCUT2D eigenvalue weighted by Gasteiger charge is 2.39. The molecular formula is C24H26N6O3. The van der Waals surface area contributed by atoms with Crippen LogP contribution in [0, 0.1) is 5.92 Å². The lowest BCUT2D eigenvalue weighted by Gasteiger charge is -2.30. The highest BCUT2D eigenvalue weighted by atomic mass is 16.5. The number of amidine groups is 1. The van der Waals surface area contributed by atoms with Crippen molar-refractivity contribution in [1.29, 1.82) is 0 Å². The molecule has 0 radical (unpaired) electrons. The molecule has 170 valence electrons. The zero-order chi connectivity index (χ0) is 22.7. The van der Waals surface area contributed by atoms with Gasteiger partial charge in [-0.05, 0) is 54.9 Å². The Balaban J connectivity index is 1.42. The molecular weight excluding hydrogens is 420 g/mol. The summed E-state index contributed by atoms with van der Waals surface area (Å²) in [6.07, 6.45) is 7.24. The molecule has 0 saturated heterocycles. The van der Waals surface area contributed by atoms with E-state index in [-0.39, 0.29) is 17.8 Å². The molecule has 6 rings (SSSR count). The van der Waals surface area contributed by atoms with Gasteiger partial charge in [0, 0.05) is 23.9 Å². The fraction of sp³-hybridized carbons (Fsp3) is 0.375. The van der Waals surface area contributed by atoms with Crippen LogP contribution in [0.2, 0.25) is 0 Å². The molecule has 9 heteroatoms. The van der Waals surface area contributed by atoms with Crippen LogP contribution in [0.15, 0.2) is 56.5 Å². The van der Waals surface area contributed by atoms with Crippen LogP contribution in [0.4, 0.5) is 6.01 Å². The third-order valence-corrected chi connectivity index (χ3v) is 6.75. The summed E-state index contributed by atoms with van der Waals surface area (Å²) in [6.45, 7) is 3.39. The zero-order valence-electron chi connectivity index (χ0n) is 18.4. The lowest BCUT2D eigenvalue weighted by atomic mass is 10.0. The van der Waals surface area contributed by atoms with Gasteiger partial charge in [-0.15, -0.1) is 0 Å². The molecule has 1 aromatic heterocycles. The molecule has 2 aromatic rings. The fourth-order valence-electron chi connectivity index (χ4n) is 4.97. The fourth-order valence-corrected chi connectivity index (χ4v) is 4.97. The number of rotatable bonds is 6. The number of oxazole rings is 1. The molecule has 4 aliphatic rings. The number of amides is 1. The van der Waals surface area contributed by atoms with Crippen LogP contribution in [0.3, 0.4) is 0 Å². The van der Waals surface area contributed by atoms with Gasteiger partial charge in [-0.1, -0.05) is 6.92 Å². The maximum Gasteiger partial charge on any atom is 0.292 e. The lowest BCUT2D eigenvalue weighted by molar-refractivity contribution is -0.120. The quantitative estimate of drug-likeness (QED) is 0.620. The largest absolute Gasteiger partial charge is 0.495 e. The average Bonchev–Trinajstić information content (AvgIpc) is 3.47. The minimum Gasteiger partial charge on any atom is -0.495 e. The number of fused-ring (bicyclic) bond motifs is 1. The normalized spacial score (nSPS) is 20.5. The van der Waals surface area contributed by atoms with E-state index in [0.29, 0.717) is 6.61 Å². The van der Waals surface area contributed by atoms with Gasteiger partial charge in [0.1, 0.15) is 30.3 Å². The van der Waals surface area contributed by atoms with Crippen LogP contribution in [0.5, 0.6) is 0 Å².